The van der Waals surface area contributed by atoms with Crippen LogP contribution in [0.5, 0.6) is 0 Å². The Hall–Kier alpha value is -9.08. The Morgan fingerprint density at radius 2 is 0.548 bits per heavy atom. The minimum atomic E-state index is 0.0220. The molecule has 93 heavy (non-hydrogen) atoms. The molecule has 4 N–H and O–H groups in total. The molecule has 20 heteroatoms. The Morgan fingerprint density at radius 3 is 0.817 bits per heavy atom. The minimum Gasteiger partial charge on any atom is -0.395 e. The highest BCUT2D eigenvalue weighted by Gasteiger charge is 2.26. The van der Waals surface area contributed by atoms with Crippen LogP contribution in [-0.4, -0.2) is 99.2 Å². The summed E-state index contributed by atoms with van der Waals surface area (Å²) in [4.78, 5) is 8.96. The maximum absolute atomic E-state index is 9.23. The minimum absolute atomic E-state index is 0.0220. The van der Waals surface area contributed by atoms with Crippen LogP contribution in [0.1, 0.15) is 80.0 Å². The van der Waals surface area contributed by atoms with Gasteiger partial charge in [0.2, 0.25) is 0 Å². The van der Waals surface area contributed by atoms with Crippen molar-refractivity contribution >= 4 is 68.2 Å². The van der Waals surface area contributed by atoms with Gasteiger partial charge in [0.25, 0.3) is 0 Å². The van der Waals surface area contributed by atoms with Gasteiger partial charge in [0.1, 0.15) is 13.1 Å². The van der Waals surface area contributed by atoms with E-state index in [1.807, 2.05) is 107 Å². The zero-order valence-corrected chi connectivity index (χ0v) is 53.6. The van der Waals surface area contributed by atoms with Crippen LogP contribution >= 0.6 is 0 Å². The van der Waals surface area contributed by atoms with Crippen molar-refractivity contribution in [1.82, 2.24) is 0 Å². The second-order valence-corrected chi connectivity index (χ2v) is 24.3. The predicted molar refractivity (Wildman–Crippen MR) is 363 cm³/mol. The fraction of sp³-hybridized carbons (Fsp3) is 0.397. The summed E-state index contributed by atoms with van der Waals surface area (Å²) in [7, 11) is 0. The maximum Gasteiger partial charge on any atom is 0.171 e. The number of nitrogens with zero attached hydrogens (tertiary/aromatic N) is 16. The third-order valence-electron chi connectivity index (χ3n) is 17.6. The van der Waals surface area contributed by atoms with Gasteiger partial charge in [-0.25, -0.2) is 18.3 Å². The molecule has 4 aliphatic rings. The Balaban J connectivity index is 0.000000191. The highest BCUT2D eigenvalue weighted by molar-refractivity contribution is 5.69. The SMILES string of the molecule is OCCN(CCO)c1ccc(N=Nc2cc[n+](CCC[n+]3ccc(N=Nc4ccc(N(CCO)CCO)cc4)cc3)cc2)cc1.c1c[n+](CCCCCC[n+]2ccc(N=Nc3cc4c5c(c3)CCCN5CCC4)cc2)ccc1N=Nc1cc2c3c(c1)CCCN3CCC2. The summed E-state index contributed by atoms with van der Waals surface area (Å²) in [6.45, 7) is 10.5. The summed E-state index contributed by atoms with van der Waals surface area (Å²) >= 11 is 0. The van der Waals surface area contributed by atoms with E-state index in [0.717, 1.165) is 115 Å². The third-order valence-corrected chi connectivity index (χ3v) is 17.6. The Morgan fingerprint density at radius 1 is 0.301 bits per heavy atom. The summed E-state index contributed by atoms with van der Waals surface area (Å²) in [5.41, 5.74) is 17.4. The molecule has 0 unspecified atom stereocenters. The molecular weight excluding hydrogens is 1160 g/mol. The molecule has 0 bridgehead atoms. The molecule has 4 aromatic carbocycles. The van der Waals surface area contributed by atoms with Gasteiger partial charge in [0.15, 0.2) is 62.7 Å². The van der Waals surface area contributed by atoms with E-state index in [-0.39, 0.29) is 26.4 Å². The zero-order valence-electron chi connectivity index (χ0n) is 53.6. The first-order chi connectivity index (χ1) is 45.9. The molecule has 482 valence electrons. The first-order valence-corrected chi connectivity index (χ1v) is 33.5. The van der Waals surface area contributed by atoms with Crippen molar-refractivity contribution in [2.45, 2.75) is 110 Å². The van der Waals surface area contributed by atoms with Crippen molar-refractivity contribution in [3.63, 3.8) is 0 Å². The van der Waals surface area contributed by atoms with Crippen LogP contribution < -0.4 is 37.9 Å². The van der Waals surface area contributed by atoms with E-state index in [4.69, 9.17) is 0 Å². The van der Waals surface area contributed by atoms with Crippen molar-refractivity contribution in [2.75, 3.05) is 98.4 Å². The fourth-order valence-corrected chi connectivity index (χ4v) is 12.9. The van der Waals surface area contributed by atoms with Crippen molar-refractivity contribution in [2.24, 2.45) is 40.9 Å². The Labute approximate surface area is 546 Å². The molecule has 20 nitrogen and oxygen atoms in total. The van der Waals surface area contributed by atoms with E-state index < -0.39 is 0 Å². The van der Waals surface area contributed by atoms with Gasteiger partial charge < -0.3 is 40.0 Å². The second-order valence-electron chi connectivity index (χ2n) is 24.3. The smallest absolute Gasteiger partial charge is 0.171 e. The first kappa shape index (κ1) is 65.4. The van der Waals surface area contributed by atoms with Crippen LogP contribution in [-0.2, 0) is 51.9 Å². The molecule has 8 heterocycles. The molecular formula is C73H90N16O4+4. The monoisotopic (exact) mass is 1250 g/mol. The van der Waals surface area contributed by atoms with Crippen LogP contribution in [0.15, 0.2) is 212 Å². The lowest BCUT2D eigenvalue weighted by molar-refractivity contribution is -0.726. The molecule has 4 aromatic heterocycles. The largest absolute Gasteiger partial charge is 0.395 e. The number of rotatable bonds is 29. The van der Waals surface area contributed by atoms with Crippen molar-refractivity contribution in [3.8, 4) is 0 Å². The van der Waals surface area contributed by atoms with E-state index in [0.29, 0.717) is 26.2 Å². The summed E-state index contributed by atoms with van der Waals surface area (Å²) in [5.74, 6) is 0. The first-order valence-electron chi connectivity index (χ1n) is 33.5. The number of benzene rings is 4. The maximum atomic E-state index is 9.23. The zero-order chi connectivity index (χ0) is 63.8. The molecule has 4 aliphatic heterocycles. The fourth-order valence-electron chi connectivity index (χ4n) is 12.9. The average Bonchev–Trinajstić information content (AvgIpc) is 0.852. The van der Waals surface area contributed by atoms with Gasteiger partial charge in [-0.2, -0.15) is 40.9 Å². The summed E-state index contributed by atoms with van der Waals surface area (Å²) in [6, 6.07) is 40.1. The van der Waals surface area contributed by atoms with E-state index in [1.54, 1.807) is 0 Å². The number of anilines is 4. The number of aliphatic hydroxyl groups excluding tert-OH is 4. The number of aliphatic hydroxyl groups is 4. The second kappa shape index (κ2) is 34.0. The number of pyridine rings is 4. The number of hydrogen-bond acceptors (Lipinski definition) is 16. The van der Waals surface area contributed by atoms with Crippen molar-refractivity contribution in [1.29, 1.82) is 0 Å². The quantitative estimate of drug-likeness (QED) is 0.0201. The molecule has 0 fully saturated rings. The standard InChI is InChI=1S/C40H48N8.C33H42N8O4/c1(3-17-45-23-13-35(14-24-45)41-43-37-27-31-9-5-19-47-20-6-10-32(28-37)39(31)47)2-4-18-46-25-15-36(16-26-46)42-44-38-29-33-11-7-21-48-22-8-12-34(30-38)40(33)48;42-24-20-40(21-25-43)32-6-2-28(3-7-32)34-36-30-10-16-38(17-11-30)14-1-15-39-18-12-31(13-19-39)37-35-29-4-8-33(9-5-29)41(22-26-44)23-27-45/h13-16,23-30H,1-12,17-22H2;2-13,16-19,42-45H,1,14-15,20-27H2/q2*+2. The van der Waals surface area contributed by atoms with E-state index in [1.165, 1.54) is 111 Å². The van der Waals surface area contributed by atoms with Crippen LogP contribution in [0.2, 0.25) is 0 Å². The number of aryl methyl sites for hydroxylation is 8. The van der Waals surface area contributed by atoms with Crippen molar-refractivity contribution < 1.29 is 38.7 Å². The molecule has 0 atom stereocenters. The van der Waals surface area contributed by atoms with Gasteiger partial charge in [-0.3, -0.25) is 0 Å². The topological polar surface area (TPSA) is 208 Å². The molecule has 12 rings (SSSR count). The molecule has 0 radical (unpaired) electrons. The van der Waals surface area contributed by atoms with E-state index in [2.05, 4.69) is 142 Å². The average molecular weight is 1260 g/mol. The van der Waals surface area contributed by atoms with Gasteiger partial charge in [0.05, 0.1) is 78.3 Å². The molecule has 0 amide bonds. The van der Waals surface area contributed by atoms with Crippen LogP contribution in [0, 0.1) is 0 Å². The van der Waals surface area contributed by atoms with Crippen LogP contribution in [0.4, 0.5) is 68.2 Å². The lowest BCUT2D eigenvalue weighted by atomic mass is 9.91. The lowest BCUT2D eigenvalue weighted by Gasteiger charge is -2.36. The molecule has 0 saturated heterocycles. The Kier molecular flexibility index (Phi) is 23.9. The number of azo groups is 4. The van der Waals surface area contributed by atoms with E-state index >= 15 is 0 Å². The number of unbranched alkanes of at least 4 members (excludes halogenated alkanes) is 3. The predicted octanol–water partition coefficient (Wildman–Crippen LogP) is 12.5. The molecule has 0 spiro atoms. The van der Waals surface area contributed by atoms with Gasteiger partial charge >= 0.3 is 0 Å². The number of hydrogen-bond donors (Lipinski definition) is 4. The van der Waals surface area contributed by atoms with Gasteiger partial charge in [-0.1, -0.05) is 0 Å². The summed E-state index contributed by atoms with van der Waals surface area (Å²) < 4.78 is 8.75. The van der Waals surface area contributed by atoms with Gasteiger partial charge in [-0.05, 0) is 159 Å². The Bertz CT molecular complexity index is 3430. The third kappa shape index (κ3) is 18.8. The van der Waals surface area contributed by atoms with Gasteiger partial charge in [-0.15, -0.1) is 0 Å². The van der Waals surface area contributed by atoms with Crippen molar-refractivity contribution in [3.05, 3.63) is 193 Å². The number of aromatic nitrogens is 4. The lowest BCUT2D eigenvalue weighted by Crippen LogP contribution is -2.38. The summed E-state index contributed by atoms with van der Waals surface area (Å²) in [5, 5.41) is 72.6. The summed E-state index contributed by atoms with van der Waals surface area (Å²) in [6.07, 6.45) is 31.8. The van der Waals surface area contributed by atoms with Crippen LogP contribution in [0.25, 0.3) is 0 Å². The molecule has 0 saturated carbocycles. The highest BCUT2D eigenvalue weighted by atomic mass is 16.3. The molecule has 0 aliphatic carbocycles. The van der Waals surface area contributed by atoms with Crippen LogP contribution in [0.3, 0.4) is 0 Å². The normalized spacial score (nSPS) is 14.2. The van der Waals surface area contributed by atoms with E-state index in [9.17, 15) is 20.4 Å². The molecule has 8 aromatic rings. The van der Waals surface area contributed by atoms with Gasteiger partial charge in [0, 0.05) is 136 Å². The highest BCUT2D eigenvalue weighted by Crippen LogP contribution is 2.40.